The van der Waals surface area contributed by atoms with Crippen LogP contribution < -0.4 is 0 Å². The Bertz CT molecular complexity index is 984. The predicted molar refractivity (Wildman–Crippen MR) is 116 cm³/mol. The maximum atomic E-state index is 2.27. The Balaban J connectivity index is 0.000000152. The third-order valence-electron chi connectivity index (χ3n) is 5.11. The number of aryl methyl sites for hydroxylation is 4. The van der Waals surface area contributed by atoms with Crippen LogP contribution in [0.3, 0.4) is 0 Å². The molecule has 0 aliphatic rings. The fourth-order valence-corrected chi connectivity index (χ4v) is 3.60. The molecule has 0 atom stereocenters. The van der Waals surface area contributed by atoms with Crippen molar-refractivity contribution >= 4 is 21.5 Å². The van der Waals surface area contributed by atoms with Gasteiger partial charge in [-0.3, -0.25) is 0 Å². The molecule has 0 aliphatic heterocycles. The fourth-order valence-electron chi connectivity index (χ4n) is 3.60. The van der Waals surface area contributed by atoms with E-state index in [-0.39, 0.29) is 0 Å². The Kier molecular flexibility index (Phi) is 5.73. The maximum Gasteiger partial charge on any atom is -0.0149 e. The van der Waals surface area contributed by atoms with Crippen molar-refractivity contribution < 1.29 is 0 Å². The molecule has 0 radical (unpaired) electrons. The van der Waals surface area contributed by atoms with Gasteiger partial charge in [-0.25, -0.2) is 0 Å². The minimum absolute atomic E-state index is 1.18. The first-order valence-electron chi connectivity index (χ1n) is 9.54. The number of fused-ring (bicyclic) bond motifs is 2. The van der Waals surface area contributed by atoms with E-state index in [0.717, 1.165) is 0 Å². The first-order valence-corrected chi connectivity index (χ1v) is 9.54. The molecular weight excluding hydrogens is 312 g/mol. The molecule has 0 aliphatic carbocycles. The van der Waals surface area contributed by atoms with Gasteiger partial charge in [0, 0.05) is 0 Å². The highest BCUT2D eigenvalue weighted by molar-refractivity contribution is 5.89. The lowest BCUT2D eigenvalue weighted by atomic mass is 9.98. The first-order chi connectivity index (χ1) is 12.6. The highest BCUT2D eigenvalue weighted by atomic mass is 14.1. The minimum atomic E-state index is 1.18. The second kappa shape index (κ2) is 8.19. The molecule has 0 nitrogen and oxygen atoms in total. The van der Waals surface area contributed by atoms with Crippen LogP contribution in [0.25, 0.3) is 21.5 Å². The van der Waals surface area contributed by atoms with E-state index < -0.39 is 0 Å². The van der Waals surface area contributed by atoms with Crippen molar-refractivity contribution in [2.24, 2.45) is 0 Å². The lowest BCUT2D eigenvalue weighted by molar-refractivity contribution is 0.929. The van der Waals surface area contributed by atoms with E-state index in [1.54, 1.807) is 0 Å². The summed E-state index contributed by atoms with van der Waals surface area (Å²) in [5.41, 5.74) is 5.57. The third-order valence-corrected chi connectivity index (χ3v) is 5.11. The molecule has 4 aromatic rings. The number of rotatable bonds is 2. The van der Waals surface area contributed by atoms with Gasteiger partial charge < -0.3 is 0 Å². The van der Waals surface area contributed by atoms with Crippen LogP contribution in [0.1, 0.15) is 35.6 Å². The molecule has 0 fully saturated rings. The van der Waals surface area contributed by atoms with Crippen molar-refractivity contribution in [2.75, 3.05) is 0 Å². The summed E-state index contributed by atoms with van der Waals surface area (Å²) < 4.78 is 0. The predicted octanol–water partition coefficient (Wildman–Crippen LogP) is 7.56. The minimum Gasteiger partial charge on any atom is -0.0651 e. The Morgan fingerprint density at radius 1 is 0.500 bits per heavy atom. The van der Waals surface area contributed by atoms with Crippen LogP contribution >= 0.6 is 0 Å². The largest absolute Gasteiger partial charge is 0.0651 e. The van der Waals surface area contributed by atoms with Crippen LogP contribution in [0.2, 0.25) is 0 Å². The lowest BCUT2D eigenvalue weighted by Gasteiger charge is -2.07. The molecule has 26 heavy (non-hydrogen) atoms. The zero-order chi connectivity index (χ0) is 18.5. The van der Waals surface area contributed by atoms with Gasteiger partial charge in [-0.15, -0.1) is 0 Å². The molecule has 0 heteroatoms. The standard InChI is InChI=1S/C14H16.C12H12/c1-3-6-12-10-9-11(2)13-7-4-5-8-14(12)13;1-9-7-8-10(2)12-6-4-3-5-11(9)12/h4-5,7-10H,3,6H2,1-2H3;3-8H,1-2H3. The highest BCUT2D eigenvalue weighted by Crippen LogP contribution is 2.23. The molecule has 0 saturated carbocycles. The van der Waals surface area contributed by atoms with E-state index in [1.807, 2.05) is 0 Å². The lowest BCUT2D eigenvalue weighted by Crippen LogP contribution is -1.87. The summed E-state index contributed by atoms with van der Waals surface area (Å²) in [5, 5.41) is 5.57. The normalized spacial score (nSPS) is 10.6. The van der Waals surface area contributed by atoms with Gasteiger partial charge in [0.25, 0.3) is 0 Å². The molecule has 0 saturated heterocycles. The van der Waals surface area contributed by atoms with Crippen LogP contribution in [-0.2, 0) is 6.42 Å². The van der Waals surface area contributed by atoms with Crippen molar-refractivity contribution in [3.8, 4) is 0 Å². The molecule has 0 unspecified atom stereocenters. The Labute approximate surface area is 157 Å². The third kappa shape index (κ3) is 3.80. The summed E-state index contributed by atoms with van der Waals surface area (Å²) in [4.78, 5) is 0. The zero-order valence-electron chi connectivity index (χ0n) is 16.3. The van der Waals surface area contributed by atoms with Gasteiger partial charge in [0.05, 0.1) is 0 Å². The Hall–Kier alpha value is -2.60. The van der Waals surface area contributed by atoms with Gasteiger partial charge in [-0.1, -0.05) is 86.1 Å². The monoisotopic (exact) mass is 340 g/mol. The van der Waals surface area contributed by atoms with Crippen LogP contribution in [-0.4, -0.2) is 0 Å². The van der Waals surface area contributed by atoms with Crippen molar-refractivity contribution in [1.29, 1.82) is 0 Å². The molecule has 0 amide bonds. The summed E-state index contributed by atoms with van der Waals surface area (Å²) in [6, 6.07) is 26.1. The number of hydrogen-bond donors (Lipinski definition) is 0. The number of hydrogen-bond acceptors (Lipinski definition) is 0. The van der Waals surface area contributed by atoms with Gasteiger partial charge in [0.15, 0.2) is 0 Å². The maximum absolute atomic E-state index is 2.27. The van der Waals surface area contributed by atoms with Crippen LogP contribution in [0.5, 0.6) is 0 Å². The van der Waals surface area contributed by atoms with Crippen molar-refractivity contribution in [1.82, 2.24) is 0 Å². The van der Waals surface area contributed by atoms with E-state index in [4.69, 9.17) is 0 Å². The second-order valence-corrected chi connectivity index (χ2v) is 7.08. The topological polar surface area (TPSA) is 0 Å². The van der Waals surface area contributed by atoms with Gasteiger partial charge in [0.2, 0.25) is 0 Å². The average Bonchev–Trinajstić information content (AvgIpc) is 2.68. The molecule has 0 N–H and O–H groups in total. The van der Waals surface area contributed by atoms with Gasteiger partial charge in [-0.05, 0) is 71.0 Å². The fraction of sp³-hybridized carbons (Fsp3) is 0.231. The quantitative estimate of drug-likeness (QED) is 0.353. The van der Waals surface area contributed by atoms with E-state index in [0.29, 0.717) is 0 Å². The first kappa shape index (κ1) is 18.2. The van der Waals surface area contributed by atoms with E-state index in [1.165, 1.54) is 56.6 Å². The summed E-state index contributed by atoms with van der Waals surface area (Å²) in [6.07, 6.45) is 2.40. The summed E-state index contributed by atoms with van der Waals surface area (Å²) in [5.74, 6) is 0. The highest BCUT2D eigenvalue weighted by Gasteiger charge is 2.01. The molecule has 0 spiro atoms. The molecular formula is C26H28. The SMILES string of the molecule is CCCc1ccc(C)c2ccccc12.Cc1ccc(C)c2ccccc12. The van der Waals surface area contributed by atoms with Gasteiger partial charge in [-0.2, -0.15) is 0 Å². The van der Waals surface area contributed by atoms with Crippen molar-refractivity contribution in [3.63, 3.8) is 0 Å². The zero-order valence-corrected chi connectivity index (χ0v) is 16.3. The Morgan fingerprint density at radius 2 is 0.885 bits per heavy atom. The summed E-state index contributed by atoms with van der Waals surface area (Å²) >= 11 is 0. The van der Waals surface area contributed by atoms with Gasteiger partial charge >= 0.3 is 0 Å². The summed E-state index contributed by atoms with van der Waals surface area (Å²) in [7, 11) is 0. The van der Waals surface area contributed by atoms with Crippen LogP contribution in [0.4, 0.5) is 0 Å². The van der Waals surface area contributed by atoms with Crippen molar-refractivity contribution in [3.05, 3.63) is 95.1 Å². The molecule has 0 bridgehead atoms. The van der Waals surface area contributed by atoms with Crippen LogP contribution in [0, 0.1) is 20.8 Å². The Morgan fingerprint density at radius 3 is 1.35 bits per heavy atom. The number of benzene rings is 4. The molecule has 4 rings (SSSR count). The molecule has 0 aromatic heterocycles. The molecule has 4 aromatic carbocycles. The van der Waals surface area contributed by atoms with E-state index >= 15 is 0 Å². The molecule has 132 valence electrons. The van der Waals surface area contributed by atoms with Crippen molar-refractivity contribution in [2.45, 2.75) is 40.5 Å². The smallest absolute Gasteiger partial charge is 0.0149 e. The second-order valence-electron chi connectivity index (χ2n) is 7.08. The van der Waals surface area contributed by atoms with E-state index in [9.17, 15) is 0 Å². The van der Waals surface area contributed by atoms with Crippen LogP contribution in [0.15, 0.2) is 72.8 Å². The van der Waals surface area contributed by atoms with Gasteiger partial charge in [0.1, 0.15) is 0 Å². The average molecular weight is 341 g/mol. The summed E-state index contributed by atoms with van der Waals surface area (Å²) in [6.45, 7) is 8.72. The van der Waals surface area contributed by atoms with E-state index in [2.05, 4.69) is 100 Å². The molecule has 0 heterocycles.